The van der Waals surface area contributed by atoms with Gasteiger partial charge < -0.3 is 24.5 Å². The summed E-state index contributed by atoms with van der Waals surface area (Å²) in [4.78, 5) is 31.8. The third-order valence-electron chi connectivity index (χ3n) is 5.05. The second-order valence-corrected chi connectivity index (χ2v) is 7.96. The number of nitrogens with zero attached hydrogens (tertiary/aromatic N) is 3. The van der Waals surface area contributed by atoms with Crippen molar-refractivity contribution in [2.45, 2.75) is 26.0 Å². The zero-order valence-corrected chi connectivity index (χ0v) is 20.0. The Morgan fingerprint density at radius 1 is 1.00 bits per heavy atom. The molecule has 0 saturated heterocycles. The van der Waals surface area contributed by atoms with Gasteiger partial charge in [0.1, 0.15) is 18.5 Å². The van der Waals surface area contributed by atoms with E-state index in [4.69, 9.17) is 24.5 Å². The highest BCUT2D eigenvalue weighted by Gasteiger charge is 2.16. The predicted octanol–water partition coefficient (Wildman–Crippen LogP) is 3.70. The summed E-state index contributed by atoms with van der Waals surface area (Å²) in [6.07, 6.45) is 2.88. The number of benzene rings is 1. The number of hydrogen-bond acceptors (Lipinski definition) is 10. The minimum Gasteiger partial charge on any atom is -0.473 e. The van der Waals surface area contributed by atoms with Crippen LogP contribution >= 0.6 is 0 Å². The van der Waals surface area contributed by atoms with Gasteiger partial charge in [-0.2, -0.15) is 0 Å². The van der Waals surface area contributed by atoms with E-state index in [0.717, 1.165) is 11.1 Å². The first-order chi connectivity index (χ1) is 18.0. The number of carbonyl (C=O) groups is 2. The summed E-state index contributed by atoms with van der Waals surface area (Å²) in [7, 11) is 0. The summed E-state index contributed by atoms with van der Waals surface area (Å²) in [6, 6.07) is 17.9. The molecule has 190 valence electrons. The Morgan fingerprint density at radius 3 is 2.54 bits per heavy atom. The van der Waals surface area contributed by atoms with Gasteiger partial charge in [0.05, 0.1) is 11.3 Å². The van der Waals surface area contributed by atoms with Crippen LogP contribution in [0.2, 0.25) is 0 Å². The van der Waals surface area contributed by atoms with Crippen LogP contribution in [0, 0.1) is 0 Å². The molecule has 0 aliphatic carbocycles. The van der Waals surface area contributed by atoms with Gasteiger partial charge in [0.2, 0.25) is 12.7 Å². The van der Waals surface area contributed by atoms with Gasteiger partial charge in [-0.15, -0.1) is 0 Å². The van der Waals surface area contributed by atoms with Crippen LogP contribution in [0.4, 0.5) is 10.6 Å². The second-order valence-electron chi connectivity index (χ2n) is 7.96. The molecule has 0 saturated carbocycles. The molecule has 4 aromatic rings. The summed E-state index contributed by atoms with van der Waals surface area (Å²) in [5.41, 5.74) is 8.65. The minimum atomic E-state index is -0.857. The lowest BCUT2D eigenvalue weighted by Crippen LogP contribution is -2.30. The normalized spacial score (nSPS) is 11.4. The molecule has 3 heterocycles. The monoisotopic (exact) mass is 503 g/mol. The van der Waals surface area contributed by atoms with E-state index in [2.05, 4.69) is 20.4 Å². The van der Waals surface area contributed by atoms with Crippen molar-refractivity contribution in [1.29, 1.82) is 0 Å². The molecule has 1 atom stereocenters. The molecule has 37 heavy (non-hydrogen) atoms. The number of nitrogens with two attached hydrogens (primary N) is 1. The fraction of sp³-hybridized carbons (Fsp3) is 0.192. The molecule has 0 aliphatic heterocycles. The second kappa shape index (κ2) is 12.3. The van der Waals surface area contributed by atoms with E-state index in [-0.39, 0.29) is 5.82 Å². The third-order valence-corrected chi connectivity index (χ3v) is 5.05. The molecule has 1 amide bonds. The molecule has 1 aromatic carbocycles. The number of rotatable bonds is 10. The Kier molecular flexibility index (Phi) is 8.40. The number of aromatic nitrogens is 3. The molecule has 4 rings (SSSR count). The number of anilines is 1. The maximum Gasteiger partial charge on any atom is 0.415 e. The van der Waals surface area contributed by atoms with Crippen molar-refractivity contribution in [3.05, 3.63) is 89.9 Å². The maximum atomic E-state index is 12.1. The van der Waals surface area contributed by atoms with Crippen LogP contribution in [0.5, 0.6) is 5.88 Å². The van der Waals surface area contributed by atoms with Crippen molar-refractivity contribution in [2.75, 3.05) is 12.1 Å². The first-order valence-corrected chi connectivity index (χ1v) is 11.4. The van der Waals surface area contributed by atoms with Crippen molar-refractivity contribution < 1.29 is 28.3 Å². The quantitative estimate of drug-likeness (QED) is 0.242. The summed E-state index contributed by atoms with van der Waals surface area (Å²) in [5.74, 6) is 0.505. The van der Waals surface area contributed by atoms with Crippen LogP contribution in [0.3, 0.4) is 0 Å². The van der Waals surface area contributed by atoms with Gasteiger partial charge in [-0.25, -0.2) is 14.8 Å². The zero-order chi connectivity index (χ0) is 26.0. The molecule has 0 radical (unpaired) electrons. The molecule has 3 N–H and O–H groups in total. The van der Waals surface area contributed by atoms with E-state index in [1.807, 2.05) is 42.5 Å². The summed E-state index contributed by atoms with van der Waals surface area (Å²) >= 11 is 0. The number of nitrogens with one attached hydrogen (secondary N) is 1. The van der Waals surface area contributed by atoms with Crippen LogP contribution in [-0.4, -0.2) is 40.0 Å². The number of carbonyl (C=O) groups excluding carboxylic acids is 2. The van der Waals surface area contributed by atoms with Crippen molar-refractivity contribution in [3.63, 3.8) is 0 Å². The highest BCUT2D eigenvalue weighted by atomic mass is 16.7. The Labute approximate surface area is 212 Å². The van der Waals surface area contributed by atoms with Gasteiger partial charge in [-0.3, -0.25) is 10.1 Å². The molecule has 0 bridgehead atoms. The van der Waals surface area contributed by atoms with Crippen LogP contribution in [0.1, 0.15) is 23.7 Å². The molecule has 3 aromatic heterocycles. The standard InChI is InChI=1S/C26H25N5O6/c1-17(27)25(32)35-16-36-26(33)30-24-21(5-4-12-29-24)22-14-20(31-37-22)13-18-7-9-19(10-8-18)15-34-23-6-2-3-11-28-23/h2-12,14,17H,13,15-16,27H2,1H3,(H,29,30,33)/t17-/m0/s1. The largest absolute Gasteiger partial charge is 0.473 e. The van der Waals surface area contributed by atoms with Crippen molar-refractivity contribution in [1.82, 2.24) is 15.1 Å². The SMILES string of the molecule is C[C@H](N)C(=O)OCOC(=O)Nc1ncccc1-c1cc(Cc2ccc(COc3ccccn3)cc2)no1. The molecule has 0 unspecified atom stereocenters. The van der Waals surface area contributed by atoms with Crippen molar-refractivity contribution in [2.24, 2.45) is 5.73 Å². The maximum absolute atomic E-state index is 12.1. The van der Waals surface area contributed by atoms with Crippen LogP contribution in [0.25, 0.3) is 11.3 Å². The van der Waals surface area contributed by atoms with E-state index in [1.54, 1.807) is 24.4 Å². The summed E-state index contributed by atoms with van der Waals surface area (Å²) in [6.45, 7) is 1.30. The zero-order valence-electron chi connectivity index (χ0n) is 20.0. The number of pyridine rings is 2. The molecular weight excluding hydrogens is 478 g/mol. The molecule has 0 aliphatic rings. The number of esters is 1. The fourth-order valence-electron chi connectivity index (χ4n) is 3.18. The Bertz CT molecular complexity index is 1320. The minimum absolute atomic E-state index is 0.200. The fourth-order valence-corrected chi connectivity index (χ4v) is 3.18. The number of ether oxygens (including phenoxy) is 3. The molecule has 0 fully saturated rings. The number of hydrogen-bond donors (Lipinski definition) is 2. The van der Waals surface area contributed by atoms with Gasteiger partial charge in [0.15, 0.2) is 5.76 Å². The topological polar surface area (TPSA) is 152 Å². The van der Waals surface area contributed by atoms with E-state index < -0.39 is 24.9 Å². The van der Waals surface area contributed by atoms with Gasteiger partial charge >= 0.3 is 12.1 Å². The molecule has 11 nitrogen and oxygen atoms in total. The van der Waals surface area contributed by atoms with Crippen molar-refractivity contribution >= 4 is 17.9 Å². The van der Waals surface area contributed by atoms with Crippen molar-refractivity contribution in [3.8, 4) is 17.2 Å². The van der Waals surface area contributed by atoms with Crippen LogP contribution in [-0.2, 0) is 27.3 Å². The van der Waals surface area contributed by atoms with E-state index in [9.17, 15) is 9.59 Å². The Balaban J connectivity index is 1.34. The van der Waals surface area contributed by atoms with Crippen LogP contribution in [0.15, 0.2) is 77.6 Å². The molecular formula is C26H25N5O6. The highest BCUT2D eigenvalue weighted by molar-refractivity contribution is 5.88. The van der Waals surface area contributed by atoms with E-state index >= 15 is 0 Å². The predicted molar refractivity (Wildman–Crippen MR) is 132 cm³/mol. The number of amides is 1. The smallest absolute Gasteiger partial charge is 0.415 e. The van der Waals surface area contributed by atoms with E-state index in [1.165, 1.54) is 13.1 Å². The van der Waals surface area contributed by atoms with Crippen LogP contribution < -0.4 is 15.8 Å². The Hall–Kier alpha value is -4.77. The molecule has 0 spiro atoms. The van der Waals surface area contributed by atoms with Gasteiger partial charge in [0.25, 0.3) is 0 Å². The average molecular weight is 504 g/mol. The van der Waals surface area contributed by atoms with E-state index in [0.29, 0.717) is 35.9 Å². The van der Waals surface area contributed by atoms with Gasteiger partial charge in [-0.1, -0.05) is 35.5 Å². The lowest BCUT2D eigenvalue weighted by Gasteiger charge is -2.10. The third kappa shape index (κ3) is 7.36. The lowest BCUT2D eigenvalue weighted by molar-refractivity contribution is -0.152. The highest BCUT2D eigenvalue weighted by Crippen LogP contribution is 2.27. The lowest BCUT2D eigenvalue weighted by atomic mass is 10.1. The molecule has 11 heteroatoms. The summed E-state index contributed by atoms with van der Waals surface area (Å²) in [5, 5.41) is 6.65. The van der Waals surface area contributed by atoms with Gasteiger partial charge in [-0.05, 0) is 36.2 Å². The average Bonchev–Trinajstić information content (AvgIpc) is 3.37. The summed E-state index contributed by atoms with van der Waals surface area (Å²) < 4.78 is 20.7. The first-order valence-electron chi connectivity index (χ1n) is 11.4. The van der Waals surface area contributed by atoms with Gasteiger partial charge in [0, 0.05) is 30.9 Å². The Morgan fingerprint density at radius 2 is 1.78 bits per heavy atom. The first kappa shape index (κ1) is 25.3.